The quantitative estimate of drug-likeness (QED) is 0.482. The summed E-state index contributed by atoms with van der Waals surface area (Å²) in [7, 11) is 0. The number of benzene rings is 2. The van der Waals surface area contributed by atoms with E-state index in [-0.39, 0.29) is 43.4 Å². The minimum atomic E-state index is -0.837. The lowest BCUT2D eigenvalue weighted by atomic mass is 9.82. The van der Waals surface area contributed by atoms with Crippen LogP contribution in [0.25, 0.3) is 11.1 Å². The molecule has 2 aliphatic carbocycles. The van der Waals surface area contributed by atoms with Crippen molar-refractivity contribution in [2.45, 2.75) is 51.0 Å². The smallest absolute Gasteiger partial charge is 0.407 e. The van der Waals surface area contributed by atoms with Gasteiger partial charge in [-0.15, -0.1) is 0 Å². The summed E-state index contributed by atoms with van der Waals surface area (Å²) in [5, 5.41) is 14.8. The van der Waals surface area contributed by atoms with Gasteiger partial charge in [0.2, 0.25) is 5.91 Å². The largest absolute Gasteiger partial charge is 0.481 e. The lowest BCUT2D eigenvalue weighted by Gasteiger charge is -2.31. The zero-order chi connectivity index (χ0) is 24.8. The van der Waals surface area contributed by atoms with Gasteiger partial charge < -0.3 is 20.5 Å². The summed E-state index contributed by atoms with van der Waals surface area (Å²) in [5.74, 6) is -1.13. The maximum absolute atomic E-state index is 12.6. The van der Waals surface area contributed by atoms with E-state index in [2.05, 4.69) is 34.9 Å². The molecule has 0 radical (unpaired) electrons. The van der Waals surface area contributed by atoms with Crippen molar-refractivity contribution in [2.24, 2.45) is 5.92 Å². The number of hydrogen-bond donors (Lipinski definition) is 3. The molecule has 2 aromatic rings. The number of carbonyl (C=O) groups excluding carboxylic acids is 2. The SMILES string of the molecule is C/C(=C\CNC(=O)OCC1c2ccccc2-c2ccccc21)C(=O)NC1CCCCC1CC(=O)O. The Kier molecular flexibility index (Phi) is 7.85. The van der Waals surface area contributed by atoms with E-state index in [4.69, 9.17) is 9.84 Å². The number of ether oxygens (including phenoxy) is 1. The molecule has 1 saturated carbocycles. The van der Waals surface area contributed by atoms with Crippen molar-refractivity contribution in [1.82, 2.24) is 10.6 Å². The first-order valence-corrected chi connectivity index (χ1v) is 12.2. The molecule has 7 nitrogen and oxygen atoms in total. The number of hydrogen-bond acceptors (Lipinski definition) is 4. The highest BCUT2D eigenvalue weighted by molar-refractivity contribution is 5.93. The summed E-state index contributed by atoms with van der Waals surface area (Å²) >= 11 is 0. The molecule has 0 aromatic heterocycles. The van der Waals surface area contributed by atoms with Crippen LogP contribution < -0.4 is 10.6 Å². The van der Waals surface area contributed by atoms with Crippen LogP contribution in [0.15, 0.2) is 60.2 Å². The molecular weight excluding hydrogens is 444 g/mol. The molecule has 2 unspecified atom stereocenters. The first-order valence-electron chi connectivity index (χ1n) is 12.2. The fraction of sp³-hybridized carbons (Fsp3) is 0.393. The maximum atomic E-state index is 12.6. The summed E-state index contributed by atoms with van der Waals surface area (Å²) in [5.41, 5.74) is 5.12. The van der Waals surface area contributed by atoms with Crippen LogP contribution >= 0.6 is 0 Å². The summed E-state index contributed by atoms with van der Waals surface area (Å²) in [6.07, 6.45) is 4.74. The third-order valence-electron chi connectivity index (χ3n) is 7.02. The maximum Gasteiger partial charge on any atom is 0.407 e. The van der Waals surface area contributed by atoms with Crippen LogP contribution in [-0.4, -0.2) is 42.3 Å². The Hall–Kier alpha value is -3.61. The fourth-order valence-corrected chi connectivity index (χ4v) is 5.18. The fourth-order valence-electron chi connectivity index (χ4n) is 5.18. The lowest BCUT2D eigenvalue weighted by Crippen LogP contribution is -2.43. The highest BCUT2D eigenvalue weighted by Gasteiger charge is 2.30. The number of fused-ring (bicyclic) bond motifs is 3. The Labute approximate surface area is 205 Å². The third kappa shape index (κ3) is 5.91. The molecule has 2 amide bonds. The zero-order valence-corrected chi connectivity index (χ0v) is 20.0. The minimum Gasteiger partial charge on any atom is -0.481 e. The molecule has 0 spiro atoms. The standard InChI is InChI=1S/C28H32N2O5/c1-18(27(33)30-25-13-7-2-8-19(25)16-26(31)32)14-15-29-28(34)35-17-24-22-11-5-3-9-20(22)21-10-4-6-12-23(21)24/h3-6,9-12,14,19,24-25H,2,7-8,13,15-17H2,1H3,(H,29,34)(H,30,33)(H,31,32)/b18-14+. The number of carboxylic acids is 1. The predicted octanol–water partition coefficient (Wildman–Crippen LogP) is 4.62. The summed E-state index contributed by atoms with van der Waals surface area (Å²) in [4.78, 5) is 36.0. The number of aliphatic carboxylic acids is 1. The summed E-state index contributed by atoms with van der Waals surface area (Å²) in [6.45, 7) is 2.08. The number of amides is 2. The van der Waals surface area contributed by atoms with Crippen LogP contribution in [0.3, 0.4) is 0 Å². The van der Waals surface area contributed by atoms with Gasteiger partial charge in [0.25, 0.3) is 0 Å². The Morgan fingerprint density at radius 2 is 1.63 bits per heavy atom. The second-order valence-corrected chi connectivity index (χ2v) is 9.32. The molecule has 2 atom stereocenters. The van der Waals surface area contributed by atoms with Gasteiger partial charge in [-0.2, -0.15) is 0 Å². The van der Waals surface area contributed by atoms with Gasteiger partial charge in [0.15, 0.2) is 0 Å². The Balaban J connectivity index is 1.26. The van der Waals surface area contributed by atoms with E-state index in [0.717, 1.165) is 36.8 Å². The number of carbonyl (C=O) groups is 3. The van der Waals surface area contributed by atoms with Crippen molar-refractivity contribution in [3.8, 4) is 11.1 Å². The van der Waals surface area contributed by atoms with E-state index in [1.165, 1.54) is 11.1 Å². The third-order valence-corrected chi connectivity index (χ3v) is 7.02. The van der Waals surface area contributed by atoms with Crippen LogP contribution in [0.4, 0.5) is 4.79 Å². The van der Waals surface area contributed by atoms with Crippen molar-refractivity contribution in [1.29, 1.82) is 0 Å². The monoisotopic (exact) mass is 476 g/mol. The number of rotatable bonds is 8. The summed E-state index contributed by atoms with van der Waals surface area (Å²) < 4.78 is 5.52. The van der Waals surface area contributed by atoms with Crippen molar-refractivity contribution in [2.75, 3.05) is 13.2 Å². The molecule has 35 heavy (non-hydrogen) atoms. The van der Waals surface area contributed by atoms with E-state index in [0.29, 0.717) is 5.57 Å². The lowest BCUT2D eigenvalue weighted by molar-refractivity contribution is -0.139. The van der Waals surface area contributed by atoms with Gasteiger partial charge in [0, 0.05) is 24.1 Å². The zero-order valence-electron chi connectivity index (χ0n) is 20.0. The molecule has 3 N–H and O–H groups in total. The highest BCUT2D eigenvalue weighted by atomic mass is 16.5. The normalized spacial score (nSPS) is 19.4. The average Bonchev–Trinajstić information content (AvgIpc) is 3.17. The van der Waals surface area contributed by atoms with Crippen LogP contribution in [0, 0.1) is 5.92 Å². The van der Waals surface area contributed by atoms with Crippen LogP contribution in [-0.2, 0) is 14.3 Å². The second-order valence-electron chi connectivity index (χ2n) is 9.32. The van der Waals surface area contributed by atoms with E-state index in [1.54, 1.807) is 13.0 Å². The van der Waals surface area contributed by atoms with E-state index < -0.39 is 12.1 Å². The van der Waals surface area contributed by atoms with Gasteiger partial charge >= 0.3 is 12.1 Å². The highest BCUT2D eigenvalue weighted by Crippen LogP contribution is 2.44. The predicted molar refractivity (Wildman–Crippen MR) is 133 cm³/mol. The van der Waals surface area contributed by atoms with Crippen molar-refractivity contribution < 1.29 is 24.2 Å². The molecule has 2 aromatic carbocycles. The van der Waals surface area contributed by atoms with E-state index in [9.17, 15) is 14.4 Å². The van der Waals surface area contributed by atoms with Crippen LogP contribution in [0.1, 0.15) is 56.1 Å². The van der Waals surface area contributed by atoms with E-state index >= 15 is 0 Å². The molecule has 0 heterocycles. The van der Waals surface area contributed by atoms with Gasteiger partial charge in [-0.1, -0.05) is 67.4 Å². The van der Waals surface area contributed by atoms with Gasteiger partial charge in [0.05, 0.1) is 6.42 Å². The molecule has 4 rings (SSSR count). The van der Waals surface area contributed by atoms with Gasteiger partial charge in [-0.3, -0.25) is 9.59 Å². The Morgan fingerprint density at radius 1 is 1.00 bits per heavy atom. The van der Waals surface area contributed by atoms with Crippen molar-refractivity contribution >= 4 is 18.0 Å². The topological polar surface area (TPSA) is 105 Å². The number of nitrogens with one attached hydrogen (secondary N) is 2. The molecule has 0 saturated heterocycles. The molecular formula is C28H32N2O5. The van der Waals surface area contributed by atoms with Crippen LogP contribution in [0.2, 0.25) is 0 Å². The second kappa shape index (κ2) is 11.2. The van der Waals surface area contributed by atoms with Gasteiger partial charge in [-0.05, 0) is 47.9 Å². The van der Waals surface area contributed by atoms with Gasteiger partial charge in [-0.25, -0.2) is 4.79 Å². The minimum absolute atomic E-state index is 0.00884. The number of alkyl carbamates (subject to hydrolysis) is 1. The average molecular weight is 477 g/mol. The molecule has 7 heteroatoms. The van der Waals surface area contributed by atoms with Crippen molar-refractivity contribution in [3.63, 3.8) is 0 Å². The molecule has 0 aliphatic heterocycles. The molecule has 1 fully saturated rings. The first-order chi connectivity index (χ1) is 16.9. The molecule has 0 bridgehead atoms. The molecule has 184 valence electrons. The number of carboxylic acid groups (broad SMARTS) is 1. The van der Waals surface area contributed by atoms with E-state index in [1.807, 2.05) is 24.3 Å². The Bertz CT molecular complexity index is 1080. The summed E-state index contributed by atoms with van der Waals surface area (Å²) in [6, 6.07) is 16.2. The Morgan fingerprint density at radius 3 is 2.29 bits per heavy atom. The van der Waals surface area contributed by atoms with Crippen molar-refractivity contribution in [3.05, 3.63) is 71.3 Å². The van der Waals surface area contributed by atoms with Gasteiger partial charge in [0.1, 0.15) is 6.61 Å². The van der Waals surface area contributed by atoms with Crippen LogP contribution in [0.5, 0.6) is 0 Å². The molecule has 2 aliphatic rings. The first kappa shape index (κ1) is 24.5.